The van der Waals surface area contributed by atoms with Crippen LogP contribution in [-0.2, 0) is 16.1 Å². The van der Waals surface area contributed by atoms with Crippen molar-refractivity contribution in [1.82, 2.24) is 15.2 Å². The van der Waals surface area contributed by atoms with Crippen molar-refractivity contribution in [3.63, 3.8) is 0 Å². The lowest BCUT2D eigenvalue weighted by atomic mass is 9.55. The summed E-state index contributed by atoms with van der Waals surface area (Å²) in [5.74, 6) is -2.16. The Kier molecular flexibility index (Phi) is 11.1. The highest BCUT2D eigenvalue weighted by molar-refractivity contribution is 6.03. The summed E-state index contributed by atoms with van der Waals surface area (Å²) < 4.78 is 12.5. The molecule has 1 saturated heterocycles. The van der Waals surface area contributed by atoms with Crippen LogP contribution in [0.5, 0.6) is 11.5 Å². The highest BCUT2D eigenvalue weighted by atomic mass is 16.8. The van der Waals surface area contributed by atoms with E-state index in [0.717, 1.165) is 72.7 Å². The van der Waals surface area contributed by atoms with E-state index in [1.54, 1.807) is 25.2 Å². The van der Waals surface area contributed by atoms with Crippen LogP contribution < -0.4 is 10.1 Å². The number of aliphatic hydroxyl groups excluding tert-OH is 2. The van der Waals surface area contributed by atoms with Crippen LogP contribution in [0.25, 0.3) is 10.9 Å². The van der Waals surface area contributed by atoms with Crippen molar-refractivity contribution in [3.8, 4) is 11.5 Å². The number of unbranched alkanes of at least 4 members (excludes halogenated alkanes) is 2. The predicted octanol–water partition coefficient (Wildman–Crippen LogP) is 5.67. The Morgan fingerprint density at radius 2 is 1.88 bits per heavy atom. The molecule has 1 aromatic heterocycles. The maximum atomic E-state index is 14.0. The van der Waals surface area contributed by atoms with Crippen molar-refractivity contribution < 1.29 is 39.5 Å². The van der Waals surface area contributed by atoms with Crippen LogP contribution in [0, 0.1) is 17.8 Å². The summed E-state index contributed by atoms with van der Waals surface area (Å²) in [6.45, 7) is 1.04. The molecule has 280 valence electrons. The third-order valence-electron chi connectivity index (χ3n) is 11.5. The fraction of sp³-hybridized carbons (Fsp3) is 0.550. The number of H-pyrrole nitrogens is 1. The average molecular weight is 717 g/mol. The molecule has 52 heavy (non-hydrogen) atoms. The Morgan fingerprint density at radius 1 is 1.08 bits per heavy atom. The van der Waals surface area contributed by atoms with Crippen LogP contribution in [0.1, 0.15) is 81.4 Å². The van der Waals surface area contributed by atoms with Gasteiger partial charge in [0.15, 0.2) is 0 Å². The molecule has 4 aliphatic rings. The van der Waals surface area contributed by atoms with Gasteiger partial charge in [0, 0.05) is 55.8 Å². The number of urea groups is 1. The smallest absolute Gasteiger partial charge is 0.317 e. The quantitative estimate of drug-likeness (QED) is 0.0972. The van der Waals surface area contributed by atoms with Crippen LogP contribution in [0.2, 0.25) is 0 Å². The van der Waals surface area contributed by atoms with Crippen LogP contribution >= 0.6 is 0 Å². The number of nitrogens with one attached hydrogen (secondary N) is 2. The number of carbonyl (C=O) groups excluding carboxylic acids is 1. The van der Waals surface area contributed by atoms with E-state index in [2.05, 4.69) is 16.4 Å². The number of phenols is 1. The molecule has 0 bridgehead atoms. The zero-order valence-electron chi connectivity index (χ0n) is 29.9. The fourth-order valence-electron chi connectivity index (χ4n) is 8.94. The lowest BCUT2D eigenvalue weighted by molar-refractivity contribution is -0.226. The molecule has 0 spiro atoms. The Labute approximate surface area is 304 Å². The Bertz CT molecular complexity index is 1740. The van der Waals surface area contributed by atoms with Gasteiger partial charge in [0.05, 0.1) is 24.8 Å². The number of fused-ring (bicyclic) bond motifs is 3. The number of hydrogen-bond donors (Lipinski definition) is 6. The second kappa shape index (κ2) is 15.9. The maximum Gasteiger partial charge on any atom is 0.317 e. The number of hydrogen-bond acceptors (Lipinski definition) is 9. The Morgan fingerprint density at radius 3 is 2.65 bits per heavy atom. The topological polar surface area (TPSA) is 169 Å². The van der Waals surface area contributed by atoms with Crippen molar-refractivity contribution in [2.45, 2.75) is 94.8 Å². The maximum absolute atomic E-state index is 14.0. The van der Waals surface area contributed by atoms with Gasteiger partial charge in [0.1, 0.15) is 17.5 Å². The first-order valence-corrected chi connectivity index (χ1v) is 18.9. The zero-order valence-corrected chi connectivity index (χ0v) is 29.9. The molecular formula is C40H52N4O8. The van der Waals surface area contributed by atoms with Gasteiger partial charge in [-0.1, -0.05) is 42.3 Å². The third kappa shape index (κ3) is 7.26. The fourth-order valence-corrected chi connectivity index (χ4v) is 8.94. The van der Waals surface area contributed by atoms with Gasteiger partial charge in [-0.15, -0.1) is 0 Å². The minimum atomic E-state index is -1.85. The van der Waals surface area contributed by atoms with Gasteiger partial charge >= 0.3 is 6.03 Å². The molecule has 7 unspecified atom stereocenters. The van der Waals surface area contributed by atoms with E-state index in [0.29, 0.717) is 30.9 Å². The standard InChI is InChI=1S/C40H52N4O8/c1-44(39(48)41-24-27-20-26-11-2-3-13-32(26)42-27)35-23-33(43-52-36-14-6-9-19-50-36)30-21-25(10-4-7-17-45)29(12-5-8-18-46)37-31-22-28(47)15-16-34(31)51-40(35,49)38(30)37/h2-3,11,13,15-16,20-22,25,29,35-38,42,45-47,49H,4-10,12,14,17-19,23-24H2,1H3,(H,41,48). The van der Waals surface area contributed by atoms with Crippen molar-refractivity contribution in [2.24, 2.45) is 22.9 Å². The van der Waals surface area contributed by atoms with Gasteiger partial charge in [-0.3, -0.25) is 0 Å². The predicted molar refractivity (Wildman–Crippen MR) is 196 cm³/mol. The number of allylic oxidation sites excluding steroid dienone is 1. The number of carbonyl (C=O) groups is 1. The van der Waals surface area contributed by atoms with E-state index in [-0.39, 0.29) is 55.7 Å². The number of nitrogens with zero attached hydrogens (tertiary/aromatic N) is 2. The second-order valence-electron chi connectivity index (χ2n) is 14.8. The zero-order chi connectivity index (χ0) is 36.2. The molecule has 0 radical (unpaired) electrons. The molecule has 2 amide bonds. The van der Waals surface area contributed by atoms with Gasteiger partial charge in [0.2, 0.25) is 12.1 Å². The molecule has 2 aromatic carbocycles. The van der Waals surface area contributed by atoms with E-state index in [4.69, 9.17) is 19.5 Å². The lowest BCUT2D eigenvalue weighted by Gasteiger charge is -2.58. The highest BCUT2D eigenvalue weighted by Gasteiger charge is 2.63. The number of aliphatic hydroxyl groups is 3. The molecule has 3 aromatic rings. The summed E-state index contributed by atoms with van der Waals surface area (Å²) in [7, 11) is 1.67. The summed E-state index contributed by atoms with van der Waals surface area (Å²) in [6, 6.07) is 13.7. The summed E-state index contributed by atoms with van der Waals surface area (Å²) in [6.07, 6.45) is 9.04. The SMILES string of the molecule is CN(C(=O)NCc1cc2ccccc2[nH]1)C1CC(=NOC2CCCCO2)C2=CC(CCCCO)C(CCCCO)C3c4cc(O)ccc4OC1(O)C23. The van der Waals surface area contributed by atoms with E-state index in [9.17, 15) is 25.2 Å². The normalized spacial score (nSPS) is 28.8. The number of ether oxygens (including phenoxy) is 2. The number of amides is 2. The largest absolute Gasteiger partial charge is 0.508 e. The summed E-state index contributed by atoms with van der Waals surface area (Å²) in [4.78, 5) is 24.9. The van der Waals surface area contributed by atoms with Crippen molar-refractivity contribution in [3.05, 3.63) is 71.4 Å². The summed E-state index contributed by atoms with van der Waals surface area (Å²) in [5, 5.41) is 52.0. The van der Waals surface area contributed by atoms with Gasteiger partial charge in [0.25, 0.3) is 0 Å². The number of rotatable bonds is 13. The first kappa shape index (κ1) is 36.3. The number of benzene rings is 2. The lowest BCUT2D eigenvalue weighted by Crippen LogP contribution is -2.69. The first-order chi connectivity index (χ1) is 25.3. The molecule has 7 rings (SSSR count). The van der Waals surface area contributed by atoms with Gasteiger partial charge in [-0.25, -0.2) is 4.79 Å². The number of para-hydroxylation sites is 1. The van der Waals surface area contributed by atoms with Crippen molar-refractivity contribution in [1.29, 1.82) is 0 Å². The summed E-state index contributed by atoms with van der Waals surface area (Å²) >= 11 is 0. The van der Waals surface area contributed by atoms with Crippen LogP contribution in [0.4, 0.5) is 4.79 Å². The third-order valence-corrected chi connectivity index (χ3v) is 11.5. The number of aromatic nitrogens is 1. The summed E-state index contributed by atoms with van der Waals surface area (Å²) in [5.41, 5.74) is 4.07. The number of aromatic amines is 1. The van der Waals surface area contributed by atoms with Gasteiger partial charge < -0.3 is 49.9 Å². The van der Waals surface area contributed by atoms with Crippen LogP contribution in [0.3, 0.4) is 0 Å². The van der Waals surface area contributed by atoms with E-state index in [1.807, 2.05) is 30.3 Å². The van der Waals surface area contributed by atoms with Crippen molar-refractivity contribution >= 4 is 22.6 Å². The molecule has 2 aliphatic heterocycles. The van der Waals surface area contributed by atoms with Crippen molar-refractivity contribution in [2.75, 3.05) is 26.9 Å². The van der Waals surface area contributed by atoms with E-state index >= 15 is 0 Å². The number of phenolic OH excluding ortho intramolecular Hbond substituents is 1. The van der Waals surface area contributed by atoms with Crippen LogP contribution in [0.15, 0.2) is 65.3 Å². The number of aromatic hydroxyl groups is 1. The Hall–Kier alpha value is -4.10. The molecule has 3 heterocycles. The minimum Gasteiger partial charge on any atom is -0.508 e. The molecule has 12 heteroatoms. The second-order valence-corrected chi connectivity index (χ2v) is 14.8. The van der Waals surface area contributed by atoms with Crippen LogP contribution in [-0.4, -0.2) is 87.0 Å². The first-order valence-electron chi connectivity index (χ1n) is 18.9. The number of oxime groups is 1. The van der Waals surface area contributed by atoms with Gasteiger partial charge in [-0.05, 0) is 91.7 Å². The Balaban J connectivity index is 1.28. The molecule has 2 aliphatic carbocycles. The van der Waals surface area contributed by atoms with E-state index in [1.165, 1.54) is 4.90 Å². The molecular weight excluding hydrogens is 664 g/mol. The molecule has 12 nitrogen and oxygen atoms in total. The van der Waals surface area contributed by atoms with Gasteiger partial charge in [-0.2, -0.15) is 0 Å². The molecule has 6 N–H and O–H groups in total. The highest BCUT2D eigenvalue weighted by Crippen LogP contribution is 2.60. The molecule has 7 atom stereocenters. The molecule has 1 saturated carbocycles. The number of likely N-dealkylation sites (N-methyl/N-ethyl adjacent to an activating group) is 1. The monoisotopic (exact) mass is 716 g/mol. The molecule has 2 fully saturated rings. The minimum absolute atomic E-state index is 0.0127. The average Bonchev–Trinajstić information content (AvgIpc) is 3.58. The van der Waals surface area contributed by atoms with E-state index < -0.39 is 24.0 Å².